The fraction of sp³-hybridized carbons (Fsp3) is 0.222. The van der Waals surface area contributed by atoms with Crippen molar-refractivity contribution in [3.05, 3.63) is 54.1 Å². The fourth-order valence-electron chi connectivity index (χ4n) is 2.17. The number of benzene rings is 2. The van der Waals surface area contributed by atoms with Crippen LogP contribution in [0.15, 0.2) is 53.4 Å². The van der Waals surface area contributed by atoms with Crippen LogP contribution in [0.4, 0.5) is 5.69 Å². The molecule has 0 aliphatic carbocycles. The van der Waals surface area contributed by atoms with E-state index in [0.29, 0.717) is 5.75 Å². The third-order valence-electron chi connectivity index (χ3n) is 3.55. The van der Waals surface area contributed by atoms with E-state index in [9.17, 15) is 18.0 Å². The van der Waals surface area contributed by atoms with Crippen molar-refractivity contribution in [2.45, 2.75) is 17.9 Å². The molecule has 2 aromatic rings. The highest BCUT2D eigenvalue weighted by molar-refractivity contribution is 7.92. The van der Waals surface area contributed by atoms with Gasteiger partial charge < -0.3 is 14.2 Å². The Labute approximate surface area is 157 Å². The molecule has 2 rings (SSSR count). The molecule has 0 unspecified atom stereocenters. The summed E-state index contributed by atoms with van der Waals surface area (Å²) in [6, 6.07) is 11.8. The van der Waals surface area contributed by atoms with Gasteiger partial charge in [0, 0.05) is 0 Å². The molecule has 0 aromatic heterocycles. The second kappa shape index (κ2) is 8.54. The van der Waals surface area contributed by atoms with Gasteiger partial charge in [-0.25, -0.2) is 18.0 Å². The third-order valence-corrected chi connectivity index (χ3v) is 4.91. The molecule has 27 heavy (non-hydrogen) atoms. The molecule has 0 aliphatic rings. The highest BCUT2D eigenvalue weighted by atomic mass is 32.2. The molecule has 0 saturated heterocycles. The standard InChI is InChI=1S/C18H19NO7S/c1-12(17(20)25-3)26-18(21)13-7-6-8-14(11-13)27(22,23)19-15-9-4-5-10-16(15)24-2/h4-12,19H,1-3H3/t12-/m1/s1. The highest BCUT2D eigenvalue weighted by Gasteiger charge is 2.22. The molecular weight excluding hydrogens is 374 g/mol. The van der Waals surface area contributed by atoms with E-state index in [4.69, 9.17) is 9.47 Å². The minimum Gasteiger partial charge on any atom is -0.495 e. The van der Waals surface area contributed by atoms with Crippen LogP contribution in [-0.4, -0.2) is 40.7 Å². The first-order valence-electron chi connectivity index (χ1n) is 7.83. The topological polar surface area (TPSA) is 108 Å². The summed E-state index contributed by atoms with van der Waals surface area (Å²) in [6.45, 7) is 1.35. The van der Waals surface area contributed by atoms with Gasteiger partial charge in [-0.15, -0.1) is 0 Å². The first kappa shape index (κ1) is 20.2. The zero-order valence-corrected chi connectivity index (χ0v) is 15.8. The van der Waals surface area contributed by atoms with Crippen molar-refractivity contribution in [2.75, 3.05) is 18.9 Å². The summed E-state index contributed by atoms with van der Waals surface area (Å²) in [5.74, 6) is -1.21. The Morgan fingerprint density at radius 3 is 2.41 bits per heavy atom. The number of rotatable bonds is 7. The van der Waals surface area contributed by atoms with Crippen molar-refractivity contribution in [1.82, 2.24) is 0 Å². The molecule has 0 radical (unpaired) electrons. The SMILES string of the molecule is COC(=O)[C@@H](C)OC(=O)c1cccc(S(=O)(=O)Nc2ccccc2OC)c1. The van der Waals surface area contributed by atoms with E-state index in [1.54, 1.807) is 24.3 Å². The molecule has 0 bridgehead atoms. The lowest BCUT2D eigenvalue weighted by Gasteiger charge is -2.13. The zero-order chi connectivity index (χ0) is 20.0. The molecule has 0 saturated carbocycles. The number of esters is 2. The van der Waals surface area contributed by atoms with Crippen molar-refractivity contribution >= 4 is 27.6 Å². The monoisotopic (exact) mass is 393 g/mol. The van der Waals surface area contributed by atoms with Gasteiger partial charge in [0.1, 0.15) is 5.75 Å². The maximum absolute atomic E-state index is 12.6. The smallest absolute Gasteiger partial charge is 0.346 e. The Morgan fingerprint density at radius 2 is 1.74 bits per heavy atom. The fourth-order valence-corrected chi connectivity index (χ4v) is 3.28. The normalized spacial score (nSPS) is 12.0. The number of carbonyl (C=O) groups is 2. The Balaban J connectivity index is 2.25. The minimum atomic E-state index is -3.98. The molecule has 2 aromatic carbocycles. The summed E-state index contributed by atoms with van der Waals surface area (Å²) in [7, 11) is -1.39. The maximum atomic E-state index is 12.6. The largest absolute Gasteiger partial charge is 0.495 e. The molecule has 0 amide bonds. The lowest BCUT2D eigenvalue weighted by Crippen LogP contribution is -2.25. The van der Waals surface area contributed by atoms with Gasteiger partial charge in [-0.05, 0) is 37.3 Å². The van der Waals surface area contributed by atoms with Crippen LogP contribution >= 0.6 is 0 Å². The van der Waals surface area contributed by atoms with E-state index in [0.717, 1.165) is 6.07 Å². The molecule has 0 aliphatic heterocycles. The summed E-state index contributed by atoms with van der Waals surface area (Å²) in [4.78, 5) is 23.4. The number of methoxy groups -OCH3 is 2. The number of hydrogen-bond donors (Lipinski definition) is 1. The first-order valence-corrected chi connectivity index (χ1v) is 9.31. The van der Waals surface area contributed by atoms with Gasteiger partial charge in [-0.3, -0.25) is 4.72 Å². The van der Waals surface area contributed by atoms with Crippen molar-refractivity contribution in [1.29, 1.82) is 0 Å². The number of nitrogens with one attached hydrogen (secondary N) is 1. The first-order chi connectivity index (χ1) is 12.8. The second-order valence-corrected chi connectivity index (χ2v) is 7.09. The predicted octanol–water partition coefficient (Wildman–Crippen LogP) is 2.21. The molecule has 8 nitrogen and oxygen atoms in total. The lowest BCUT2D eigenvalue weighted by atomic mass is 10.2. The van der Waals surface area contributed by atoms with E-state index < -0.39 is 28.1 Å². The van der Waals surface area contributed by atoms with E-state index in [2.05, 4.69) is 9.46 Å². The Kier molecular flexibility index (Phi) is 6.40. The van der Waals surface area contributed by atoms with Crippen LogP contribution in [0.25, 0.3) is 0 Å². The number of hydrogen-bond acceptors (Lipinski definition) is 7. The maximum Gasteiger partial charge on any atom is 0.346 e. The van der Waals surface area contributed by atoms with E-state index in [1.807, 2.05) is 0 Å². The number of carbonyl (C=O) groups excluding carboxylic acids is 2. The van der Waals surface area contributed by atoms with Crippen molar-refractivity contribution < 1.29 is 32.2 Å². The van der Waals surface area contributed by atoms with Crippen LogP contribution in [0.1, 0.15) is 17.3 Å². The third kappa shape index (κ3) is 4.98. The van der Waals surface area contributed by atoms with Crippen molar-refractivity contribution in [3.63, 3.8) is 0 Å². The van der Waals surface area contributed by atoms with Gasteiger partial charge in [-0.2, -0.15) is 0 Å². The average Bonchev–Trinajstić information content (AvgIpc) is 2.67. The number of ether oxygens (including phenoxy) is 3. The van der Waals surface area contributed by atoms with Gasteiger partial charge in [0.2, 0.25) is 0 Å². The number of anilines is 1. The summed E-state index contributed by atoms with van der Waals surface area (Å²) in [5.41, 5.74) is 0.237. The summed E-state index contributed by atoms with van der Waals surface area (Å²) in [6.07, 6.45) is -1.12. The second-order valence-electron chi connectivity index (χ2n) is 5.40. The van der Waals surface area contributed by atoms with E-state index >= 15 is 0 Å². The molecule has 0 spiro atoms. The Bertz CT molecular complexity index is 940. The van der Waals surface area contributed by atoms with Crippen LogP contribution in [0.5, 0.6) is 5.75 Å². The van der Waals surface area contributed by atoms with Gasteiger partial charge in [-0.1, -0.05) is 18.2 Å². The zero-order valence-electron chi connectivity index (χ0n) is 15.0. The molecular formula is C18H19NO7S. The summed E-state index contributed by atoms with van der Waals surface area (Å²) >= 11 is 0. The van der Waals surface area contributed by atoms with Gasteiger partial charge in [0.05, 0.1) is 30.4 Å². The Morgan fingerprint density at radius 1 is 1.04 bits per heavy atom. The average molecular weight is 393 g/mol. The number of sulfonamides is 1. The molecule has 9 heteroatoms. The van der Waals surface area contributed by atoms with Gasteiger partial charge in [0.15, 0.2) is 6.10 Å². The lowest BCUT2D eigenvalue weighted by molar-refractivity contribution is -0.149. The van der Waals surface area contributed by atoms with E-state index in [-0.39, 0.29) is 16.1 Å². The van der Waals surface area contributed by atoms with Crippen LogP contribution in [0.3, 0.4) is 0 Å². The molecule has 144 valence electrons. The Hall–Kier alpha value is -3.07. The minimum absolute atomic E-state index is 0.0198. The number of para-hydroxylation sites is 2. The van der Waals surface area contributed by atoms with Crippen molar-refractivity contribution in [3.8, 4) is 5.75 Å². The predicted molar refractivity (Wildman–Crippen MR) is 97.1 cm³/mol. The van der Waals surface area contributed by atoms with Gasteiger partial charge >= 0.3 is 11.9 Å². The molecule has 0 fully saturated rings. The highest BCUT2D eigenvalue weighted by Crippen LogP contribution is 2.26. The molecule has 0 heterocycles. The summed E-state index contributed by atoms with van der Waals surface area (Å²) in [5, 5.41) is 0. The van der Waals surface area contributed by atoms with Crippen LogP contribution in [-0.2, 0) is 24.3 Å². The van der Waals surface area contributed by atoms with Crippen LogP contribution in [0, 0.1) is 0 Å². The van der Waals surface area contributed by atoms with Gasteiger partial charge in [0.25, 0.3) is 10.0 Å². The summed E-state index contributed by atoms with van der Waals surface area (Å²) < 4.78 is 42.2. The van der Waals surface area contributed by atoms with Crippen LogP contribution < -0.4 is 9.46 Å². The van der Waals surface area contributed by atoms with E-state index in [1.165, 1.54) is 39.3 Å². The van der Waals surface area contributed by atoms with Crippen LogP contribution in [0.2, 0.25) is 0 Å². The molecule has 1 atom stereocenters. The van der Waals surface area contributed by atoms with Crippen molar-refractivity contribution in [2.24, 2.45) is 0 Å². The molecule has 1 N–H and O–H groups in total. The quantitative estimate of drug-likeness (QED) is 0.719.